The number of hydrogen-bond donors (Lipinski definition) is 2. The van der Waals surface area contributed by atoms with E-state index in [-0.39, 0.29) is 0 Å². The first-order chi connectivity index (χ1) is 8.83. The van der Waals surface area contributed by atoms with Crippen LogP contribution in [0.1, 0.15) is 51.9 Å². The maximum atomic E-state index is 5.82. The number of guanidine groups is 1. The van der Waals surface area contributed by atoms with Crippen LogP contribution in [0.25, 0.3) is 0 Å². The fourth-order valence-electron chi connectivity index (χ4n) is 2.32. The van der Waals surface area contributed by atoms with Crippen LogP contribution in [0.4, 0.5) is 0 Å². The van der Waals surface area contributed by atoms with E-state index in [1.807, 2.05) is 0 Å². The molecule has 3 N–H and O–H groups in total. The van der Waals surface area contributed by atoms with Crippen molar-refractivity contribution < 1.29 is 0 Å². The van der Waals surface area contributed by atoms with Gasteiger partial charge in [-0.3, -0.25) is 4.99 Å². The summed E-state index contributed by atoms with van der Waals surface area (Å²) in [5, 5.41) is 3.21. The molecule has 0 spiro atoms. The second-order valence-electron chi connectivity index (χ2n) is 5.16. The van der Waals surface area contributed by atoms with Crippen LogP contribution in [0.15, 0.2) is 4.99 Å². The van der Waals surface area contributed by atoms with Gasteiger partial charge >= 0.3 is 0 Å². The second-order valence-corrected chi connectivity index (χ2v) is 5.16. The SMILES string of the molecule is CCCCCCN=C(N)NCCN1CCCCC1. The van der Waals surface area contributed by atoms with E-state index in [4.69, 9.17) is 5.73 Å². The van der Waals surface area contributed by atoms with Gasteiger partial charge in [-0.25, -0.2) is 0 Å². The summed E-state index contributed by atoms with van der Waals surface area (Å²) >= 11 is 0. The molecule has 4 nitrogen and oxygen atoms in total. The Morgan fingerprint density at radius 2 is 1.94 bits per heavy atom. The van der Waals surface area contributed by atoms with Crippen LogP contribution in [0, 0.1) is 0 Å². The third-order valence-corrected chi connectivity index (χ3v) is 3.48. The van der Waals surface area contributed by atoms with Crippen molar-refractivity contribution >= 4 is 5.96 Å². The molecule has 1 rings (SSSR count). The van der Waals surface area contributed by atoms with E-state index in [2.05, 4.69) is 22.1 Å². The summed E-state index contributed by atoms with van der Waals surface area (Å²) in [6.45, 7) is 7.59. The van der Waals surface area contributed by atoms with Crippen molar-refractivity contribution in [3.63, 3.8) is 0 Å². The van der Waals surface area contributed by atoms with Gasteiger partial charge in [0.2, 0.25) is 0 Å². The van der Waals surface area contributed by atoms with E-state index < -0.39 is 0 Å². The van der Waals surface area contributed by atoms with Gasteiger partial charge in [0.25, 0.3) is 0 Å². The zero-order chi connectivity index (χ0) is 13.1. The van der Waals surface area contributed by atoms with Crippen LogP contribution < -0.4 is 11.1 Å². The van der Waals surface area contributed by atoms with Crippen molar-refractivity contribution in [1.82, 2.24) is 10.2 Å². The van der Waals surface area contributed by atoms with Crippen LogP contribution in [0.2, 0.25) is 0 Å². The largest absolute Gasteiger partial charge is 0.370 e. The molecule has 1 heterocycles. The Balaban J connectivity index is 1.97. The first kappa shape index (κ1) is 15.3. The Morgan fingerprint density at radius 1 is 1.17 bits per heavy atom. The van der Waals surface area contributed by atoms with Crippen molar-refractivity contribution in [3.8, 4) is 0 Å². The monoisotopic (exact) mass is 254 g/mol. The summed E-state index contributed by atoms with van der Waals surface area (Å²) < 4.78 is 0. The second kappa shape index (κ2) is 10.2. The van der Waals surface area contributed by atoms with Crippen LogP contribution >= 0.6 is 0 Å². The van der Waals surface area contributed by atoms with Crippen molar-refractivity contribution in [3.05, 3.63) is 0 Å². The molecule has 0 bridgehead atoms. The molecule has 0 amide bonds. The van der Waals surface area contributed by atoms with Crippen LogP contribution in [0.3, 0.4) is 0 Å². The lowest BCUT2D eigenvalue weighted by Gasteiger charge is -2.26. The van der Waals surface area contributed by atoms with Gasteiger partial charge in [-0.1, -0.05) is 32.6 Å². The molecule has 0 aromatic carbocycles. The number of unbranched alkanes of at least 4 members (excludes halogenated alkanes) is 3. The van der Waals surface area contributed by atoms with E-state index in [0.717, 1.165) is 26.1 Å². The van der Waals surface area contributed by atoms with Gasteiger partial charge in [0.15, 0.2) is 5.96 Å². The van der Waals surface area contributed by atoms with E-state index in [9.17, 15) is 0 Å². The van der Waals surface area contributed by atoms with Gasteiger partial charge in [-0.2, -0.15) is 0 Å². The van der Waals surface area contributed by atoms with E-state index in [1.165, 1.54) is 51.6 Å². The molecule has 0 unspecified atom stereocenters. The number of piperidine rings is 1. The smallest absolute Gasteiger partial charge is 0.188 e. The summed E-state index contributed by atoms with van der Waals surface area (Å²) in [5.74, 6) is 0.614. The van der Waals surface area contributed by atoms with Gasteiger partial charge in [0.05, 0.1) is 0 Å². The highest BCUT2D eigenvalue weighted by Gasteiger charge is 2.08. The van der Waals surface area contributed by atoms with Gasteiger partial charge < -0.3 is 16.0 Å². The topological polar surface area (TPSA) is 53.6 Å². The minimum Gasteiger partial charge on any atom is -0.370 e. The molecule has 1 fully saturated rings. The highest BCUT2D eigenvalue weighted by molar-refractivity contribution is 5.77. The minimum atomic E-state index is 0.614. The third-order valence-electron chi connectivity index (χ3n) is 3.48. The first-order valence-electron chi connectivity index (χ1n) is 7.59. The summed E-state index contributed by atoms with van der Waals surface area (Å²) in [7, 11) is 0. The maximum Gasteiger partial charge on any atom is 0.188 e. The number of nitrogens with two attached hydrogens (primary N) is 1. The molecule has 0 radical (unpaired) electrons. The van der Waals surface area contributed by atoms with E-state index in [1.54, 1.807) is 0 Å². The van der Waals surface area contributed by atoms with Gasteiger partial charge in [-0.05, 0) is 32.4 Å². The standard InChI is InChI=1S/C14H30N4/c1-2-3-4-6-9-16-14(15)17-10-13-18-11-7-5-8-12-18/h2-13H2,1H3,(H3,15,16,17). The average Bonchev–Trinajstić information content (AvgIpc) is 2.40. The summed E-state index contributed by atoms with van der Waals surface area (Å²) in [5.41, 5.74) is 5.82. The van der Waals surface area contributed by atoms with Crippen molar-refractivity contribution in [2.75, 3.05) is 32.7 Å². The third kappa shape index (κ3) is 7.54. The Bertz CT molecular complexity index is 222. The molecule has 106 valence electrons. The molecule has 4 heteroatoms. The number of rotatable bonds is 8. The van der Waals surface area contributed by atoms with Crippen molar-refractivity contribution in [1.29, 1.82) is 0 Å². The van der Waals surface area contributed by atoms with Gasteiger partial charge in [-0.15, -0.1) is 0 Å². The normalized spacial score (nSPS) is 17.9. The van der Waals surface area contributed by atoms with Crippen molar-refractivity contribution in [2.24, 2.45) is 10.7 Å². The number of nitrogens with one attached hydrogen (secondary N) is 1. The molecule has 1 saturated heterocycles. The maximum absolute atomic E-state index is 5.82. The number of likely N-dealkylation sites (tertiary alicyclic amines) is 1. The molecule has 0 saturated carbocycles. The van der Waals surface area contributed by atoms with Gasteiger partial charge in [0.1, 0.15) is 0 Å². The lowest BCUT2D eigenvalue weighted by molar-refractivity contribution is 0.232. The molecule has 18 heavy (non-hydrogen) atoms. The Morgan fingerprint density at radius 3 is 2.67 bits per heavy atom. The Hall–Kier alpha value is -0.770. The molecule has 0 aliphatic carbocycles. The summed E-state index contributed by atoms with van der Waals surface area (Å²) in [6.07, 6.45) is 9.09. The molecule has 0 aromatic heterocycles. The van der Waals surface area contributed by atoms with Crippen molar-refractivity contribution in [2.45, 2.75) is 51.9 Å². The molecule has 0 atom stereocenters. The fraction of sp³-hybridized carbons (Fsp3) is 0.929. The molecule has 0 aromatic rings. The highest BCUT2D eigenvalue weighted by Crippen LogP contribution is 2.07. The van der Waals surface area contributed by atoms with Crippen LogP contribution in [0.5, 0.6) is 0 Å². The van der Waals surface area contributed by atoms with E-state index >= 15 is 0 Å². The molecule has 1 aliphatic rings. The number of hydrogen-bond acceptors (Lipinski definition) is 2. The lowest BCUT2D eigenvalue weighted by atomic mass is 10.1. The van der Waals surface area contributed by atoms with E-state index in [0.29, 0.717) is 5.96 Å². The fourth-order valence-corrected chi connectivity index (χ4v) is 2.32. The quantitative estimate of drug-likeness (QED) is 0.395. The number of aliphatic imine (C=N–C) groups is 1. The zero-order valence-corrected chi connectivity index (χ0v) is 12.0. The van der Waals surface area contributed by atoms with Crippen LogP contribution in [-0.2, 0) is 0 Å². The average molecular weight is 254 g/mol. The Kier molecular flexibility index (Phi) is 8.65. The van der Waals surface area contributed by atoms with Crippen LogP contribution in [-0.4, -0.2) is 43.6 Å². The molecular weight excluding hydrogens is 224 g/mol. The lowest BCUT2D eigenvalue weighted by Crippen LogP contribution is -2.40. The Labute approximate surface area is 112 Å². The molecular formula is C14H30N4. The predicted molar refractivity (Wildman–Crippen MR) is 78.9 cm³/mol. The zero-order valence-electron chi connectivity index (χ0n) is 12.0. The summed E-state index contributed by atoms with van der Waals surface area (Å²) in [6, 6.07) is 0. The van der Waals surface area contributed by atoms with Gasteiger partial charge in [0, 0.05) is 19.6 Å². The minimum absolute atomic E-state index is 0.614. The highest BCUT2D eigenvalue weighted by atomic mass is 15.2. The first-order valence-corrected chi connectivity index (χ1v) is 7.59. The summed E-state index contributed by atoms with van der Waals surface area (Å²) in [4.78, 5) is 6.85. The predicted octanol–water partition coefficient (Wildman–Crippen LogP) is 1.96. The molecule has 1 aliphatic heterocycles. The number of nitrogens with zero attached hydrogens (tertiary/aromatic N) is 2.